The van der Waals surface area contributed by atoms with Crippen molar-refractivity contribution in [1.82, 2.24) is 5.32 Å². The molecule has 0 heterocycles. The maximum absolute atomic E-state index is 12.5. The number of carboxylic acids is 1. The van der Waals surface area contributed by atoms with Crippen molar-refractivity contribution in [3.63, 3.8) is 0 Å². The first-order valence-electron chi connectivity index (χ1n) is 11.5. The number of nitrogens with one attached hydrogen (secondary N) is 1. The number of carbonyl (C=O) groups excluding carboxylic acids is 2. The number of ether oxygens (including phenoxy) is 2. The second-order valence-electron chi connectivity index (χ2n) is 8.73. The summed E-state index contributed by atoms with van der Waals surface area (Å²) in [7, 11) is 0. The Morgan fingerprint density at radius 2 is 1.46 bits per heavy atom. The number of alkyl carbamates (subject to hydrolysis) is 1. The highest BCUT2D eigenvalue weighted by atomic mass is 16.6. The zero-order chi connectivity index (χ0) is 24.9. The average Bonchev–Trinajstić information content (AvgIpc) is 3.16. The van der Waals surface area contributed by atoms with Gasteiger partial charge < -0.3 is 19.9 Å². The van der Waals surface area contributed by atoms with Crippen molar-refractivity contribution in [3.8, 4) is 16.9 Å². The minimum Gasteiger partial charge on any atom is -0.480 e. The van der Waals surface area contributed by atoms with E-state index < -0.39 is 30.5 Å². The Labute approximate surface area is 203 Å². The summed E-state index contributed by atoms with van der Waals surface area (Å²) in [5, 5.41) is 11.8. The first-order chi connectivity index (χ1) is 16.8. The van der Waals surface area contributed by atoms with Crippen LogP contribution in [0.3, 0.4) is 0 Å². The van der Waals surface area contributed by atoms with Gasteiger partial charge in [0.05, 0.1) is 6.42 Å². The maximum atomic E-state index is 12.5. The third-order valence-electron chi connectivity index (χ3n) is 6.07. The number of fused-ring (bicyclic) bond motifs is 3. The standard InChI is InChI=1S/C28H27NO6/c1-17(2)18-9-7-8-14-25(18)35-26(30)15-24(27(31)32)29-28(33)34-16-23-21-12-5-3-10-19(21)20-11-4-6-13-22(20)23/h3-14,17,23-24H,15-16H2,1-2H3,(H,29,33)(H,31,32)/t24-/m1/s1. The topological polar surface area (TPSA) is 102 Å². The quantitative estimate of drug-likeness (QED) is 0.349. The van der Waals surface area contributed by atoms with Crippen molar-refractivity contribution in [2.24, 2.45) is 0 Å². The fourth-order valence-electron chi connectivity index (χ4n) is 4.36. The van der Waals surface area contributed by atoms with Gasteiger partial charge in [0.25, 0.3) is 0 Å². The van der Waals surface area contributed by atoms with Crippen LogP contribution in [0.15, 0.2) is 72.8 Å². The van der Waals surface area contributed by atoms with E-state index in [1.807, 2.05) is 74.5 Å². The summed E-state index contributed by atoms with van der Waals surface area (Å²) in [6, 6.07) is 21.4. The molecular weight excluding hydrogens is 446 g/mol. The van der Waals surface area contributed by atoms with Crippen LogP contribution in [-0.4, -0.2) is 35.8 Å². The molecule has 0 unspecified atom stereocenters. The van der Waals surface area contributed by atoms with Crippen LogP contribution in [0.1, 0.15) is 48.8 Å². The van der Waals surface area contributed by atoms with Crippen LogP contribution in [0.2, 0.25) is 0 Å². The SMILES string of the molecule is CC(C)c1ccccc1OC(=O)C[C@@H](NC(=O)OCC1c2ccccc2-c2ccccc21)C(=O)O. The molecular formula is C28H27NO6. The lowest BCUT2D eigenvalue weighted by atomic mass is 9.98. The molecule has 0 radical (unpaired) electrons. The van der Waals surface area contributed by atoms with E-state index in [0.717, 1.165) is 27.8 Å². The van der Waals surface area contributed by atoms with Crippen LogP contribution in [0, 0.1) is 0 Å². The molecule has 0 bridgehead atoms. The van der Waals surface area contributed by atoms with Gasteiger partial charge in [0.15, 0.2) is 0 Å². The van der Waals surface area contributed by atoms with Gasteiger partial charge in [-0.1, -0.05) is 80.6 Å². The highest BCUT2D eigenvalue weighted by Gasteiger charge is 2.30. The molecule has 3 aromatic rings. The van der Waals surface area contributed by atoms with Crippen LogP contribution in [0.5, 0.6) is 5.75 Å². The second kappa shape index (κ2) is 10.4. The van der Waals surface area contributed by atoms with E-state index in [-0.39, 0.29) is 18.4 Å². The summed E-state index contributed by atoms with van der Waals surface area (Å²) < 4.78 is 10.8. The molecule has 0 fully saturated rings. The average molecular weight is 474 g/mol. The van der Waals surface area contributed by atoms with Gasteiger partial charge in [0.1, 0.15) is 18.4 Å². The lowest BCUT2D eigenvalue weighted by Gasteiger charge is -2.18. The molecule has 1 aliphatic rings. The number of hydrogen-bond donors (Lipinski definition) is 2. The van der Waals surface area contributed by atoms with Crippen molar-refractivity contribution in [2.75, 3.05) is 6.61 Å². The maximum Gasteiger partial charge on any atom is 0.407 e. The van der Waals surface area contributed by atoms with E-state index in [1.165, 1.54) is 0 Å². The fourth-order valence-corrected chi connectivity index (χ4v) is 4.36. The Bertz CT molecular complexity index is 1210. The Morgan fingerprint density at radius 3 is 2.06 bits per heavy atom. The Hall–Kier alpha value is -4.13. The third kappa shape index (κ3) is 5.35. The highest BCUT2D eigenvalue weighted by molar-refractivity contribution is 5.86. The van der Waals surface area contributed by atoms with E-state index in [1.54, 1.807) is 12.1 Å². The number of carboxylic acid groups (broad SMARTS) is 1. The number of esters is 1. The Morgan fingerprint density at radius 1 is 0.886 bits per heavy atom. The summed E-state index contributed by atoms with van der Waals surface area (Å²) in [4.78, 5) is 36.6. The molecule has 0 aromatic heterocycles. The number of benzene rings is 3. The molecule has 4 rings (SSSR count). The lowest BCUT2D eigenvalue weighted by Crippen LogP contribution is -2.43. The van der Waals surface area contributed by atoms with E-state index in [9.17, 15) is 19.5 Å². The number of aliphatic carboxylic acids is 1. The van der Waals surface area contributed by atoms with Gasteiger partial charge in [-0.3, -0.25) is 4.79 Å². The largest absolute Gasteiger partial charge is 0.480 e. The fraction of sp³-hybridized carbons (Fsp3) is 0.250. The monoisotopic (exact) mass is 473 g/mol. The number of carbonyl (C=O) groups is 3. The van der Waals surface area contributed by atoms with Crippen molar-refractivity contribution >= 4 is 18.0 Å². The second-order valence-corrected chi connectivity index (χ2v) is 8.73. The highest BCUT2D eigenvalue weighted by Crippen LogP contribution is 2.44. The smallest absolute Gasteiger partial charge is 0.407 e. The van der Waals surface area contributed by atoms with Gasteiger partial charge in [-0.15, -0.1) is 0 Å². The van der Waals surface area contributed by atoms with Crippen molar-refractivity contribution in [1.29, 1.82) is 0 Å². The molecule has 1 aliphatic carbocycles. The molecule has 1 atom stereocenters. The molecule has 7 nitrogen and oxygen atoms in total. The van der Waals surface area contributed by atoms with E-state index in [2.05, 4.69) is 5.32 Å². The molecule has 0 aliphatic heterocycles. The zero-order valence-electron chi connectivity index (χ0n) is 19.6. The molecule has 3 aromatic carbocycles. The summed E-state index contributed by atoms with van der Waals surface area (Å²) in [5.74, 6) is -1.78. The van der Waals surface area contributed by atoms with Gasteiger partial charge in [0, 0.05) is 5.92 Å². The lowest BCUT2D eigenvalue weighted by molar-refractivity contribution is -0.144. The van der Waals surface area contributed by atoms with Gasteiger partial charge in [0.2, 0.25) is 0 Å². The van der Waals surface area contributed by atoms with Gasteiger partial charge in [-0.05, 0) is 39.8 Å². The molecule has 180 valence electrons. The first-order valence-corrected chi connectivity index (χ1v) is 11.5. The molecule has 0 saturated carbocycles. The van der Waals surface area contributed by atoms with Crippen LogP contribution >= 0.6 is 0 Å². The zero-order valence-corrected chi connectivity index (χ0v) is 19.6. The first kappa shape index (κ1) is 24.0. The van der Waals surface area contributed by atoms with Crippen molar-refractivity contribution < 1.29 is 29.0 Å². The summed E-state index contributed by atoms with van der Waals surface area (Å²) in [5.41, 5.74) is 5.10. The third-order valence-corrected chi connectivity index (χ3v) is 6.07. The van der Waals surface area contributed by atoms with E-state index >= 15 is 0 Å². The van der Waals surface area contributed by atoms with Crippen LogP contribution in [-0.2, 0) is 14.3 Å². The predicted molar refractivity (Wildman–Crippen MR) is 130 cm³/mol. The summed E-state index contributed by atoms with van der Waals surface area (Å²) >= 11 is 0. The van der Waals surface area contributed by atoms with Gasteiger partial charge in [-0.25, -0.2) is 9.59 Å². The molecule has 35 heavy (non-hydrogen) atoms. The van der Waals surface area contributed by atoms with Crippen molar-refractivity contribution in [2.45, 2.75) is 38.1 Å². The number of rotatable bonds is 8. The predicted octanol–water partition coefficient (Wildman–Crippen LogP) is 5.10. The molecule has 7 heteroatoms. The Balaban J connectivity index is 1.38. The molecule has 2 N–H and O–H groups in total. The number of hydrogen-bond acceptors (Lipinski definition) is 5. The molecule has 0 spiro atoms. The molecule has 1 amide bonds. The van der Waals surface area contributed by atoms with Crippen molar-refractivity contribution in [3.05, 3.63) is 89.5 Å². The van der Waals surface area contributed by atoms with E-state index in [4.69, 9.17) is 9.47 Å². The number of amides is 1. The van der Waals surface area contributed by atoms with E-state index in [0.29, 0.717) is 5.75 Å². The van der Waals surface area contributed by atoms with Gasteiger partial charge in [-0.2, -0.15) is 0 Å². The normalized spacial score (nSPS) is 13.0. The van der Waals surface area contributed by atoms with Gasteiger partial charge >= 0.3 is 18.0 Å². The van der Waals surface area contributed by atoms with Crippen LogP contribution in [0.25, 0.3) is 11.1 Å². The van der Waals surface area contributed by atoms with Crippen LogP contribution in [0.4, 0.5) is 4.79 Å². The Kier molecular flexibility index (Phi) is 7.15. The minimum atomic E-state index is -1.48. The molecule has 0 saturated heterocycles. The summed E-state index contributed by atoms with van der Waals surface area (Å²) in [6.07, 6.45) is -1.44. The minimum absolute atomic E-state index is 0.0401. The van der Waals surface area contributed by atoms with Crippen LogP contribution < -0.4 is 10.1 Å². The summed E-state index contributed by atoms with van der Waals surface area (Å²) in [6.45, 7) is 3.97. The number of para-hydroxylation sites is 1.